The Labute approximate surface area is 167 Å². The van der Waals surface area contributed by atoms with Crippen LogP contribution in [0.4, 0.5) is 0 Å². The Hall–Kier alpha value is -2.63. The van der Waals surface area contributed by atoms with Crippen molar-refractivity contribution in [2.24, 2.45) is 5.10 Å². The molecule has 3 rings (SSSR count). The van der Waals surface area contributed by atoms with E-state index in [1.54, 1.807) is 30.5 Å². The van der Waals surface area contributed by atoms with Gasteiger partial charge in [-0.25, -0.2) is 5.43 Å². The number of hydrazone groups is 1. The molecular weight excluding hydrogens is 383 g/mol. The van der Waals surface area contributed by atoms with Crippen LogP contribution in [0.5, 0.6) is 0 Å². The minimum Gasteiger partial charge on any atom is -0.272 e. The number of hydrogen-bond acceptors (Lipinski definition) is 3. The molecule has 5 nitrogen and oxygen atoms in total. The van der Waals surface area contributed by atoms with E-state index in [0.29, 0.717) is 27.4 Å². The maximum absolute atomic E-state index is 12.2. The molecule has 0 unspecified atom stereocenters. The molecule has 0 saturated carbocycles. The fourth-order valence-electron chi connectivity index (χ4n) is 2.43. The zero-order chi connectivity index (χ0) is 19.4. The van der Waals surface area contributed by atoms with Gasteiger partial charge in [0.1, 0.15) is 5.69 Å². The highest BCUT2D eigenvalue weighted by Crippen LogP contribution is 2.27. The molecule has 0 atom stereocenters. The highest BCUT2D eigenvalue weighted by Gasteiger charge is 2.11. The number of aromatic nitrogens is 2. The normalized spacial score (nSPS) is 11.3. The topological polar surface area (TPSA) is 70.1 Å². The standard InChI is InChI=1S/C20H18Cl2N4O/c1-12(2)14-5-3-13(4-6-14)11-23-26-20(27)19-10-18(24-25-19)15-7-8-16(21)17(22)9-15/h3-12H,1-2H3,(H,24,25)(H,26,27)/b23-11-. The lowest BCUT2D eigenvalue weighted by molar-refractivity contribution is 0.0950. The van der Waals surface area contributed by atoms with Gasteiger partial charge in [0, 0.05) is 5.56 Å². The largest absolute Gasteiger partial charge is 0.289 e. The smallest absolute Gasteiger partial charge is 0.272 e. The number of nitrogens with zero attached hydrogens (tertiary/aromatic N) is 2. The number of H-pyrrole nitrogens is 1. The zero-order valence-electron chi connectivity index (χ0n) is 14.8. The molecule has 0 radical (unpaired) electrons. The first-order valence-electron chi connectivity index (χ1n) is 8.38. The highest BCUT2D eigenvalue weighted by atomic mass is 35.5. The average Bonchev–Trinajstić information content (AvgIpc) is 3.14. The van der Waals surface area contributed by atoms with Gasteiger partial charge in [0.25, 0.3) is 5.91 Å². The van der Waals surface area contributed by atoms with E-state index in [1.807, 2.05) is 24.3 Å². The van der Waals surface area contributed by atoms with E-state index in [1.165, 1.54) is 5.56 Å². The Bertz CT molecular complexity index is 978. The number of halogens is 2. The van der Waals surface area contributed by atoms with Gasteiger partial charge >= 0.3 is 0 Å². The lowest BCUT2D eigenvalue weighted by Crippen LogP contribution is -2.18. The summed E-state index contributed by atoms with van der Waals surface area (Å²) in [5.41, 5.74) is 6.28. The van der Waals surface area contributed by atoms with Gasteiger partial charge in [-0.3, -0.25) is 9.89 Å². The van der Waals surface area contributed by atoms with Gasteiger partial charge in [-0.1, -0.05) is 67.4 Å². The summed E-state index contributed by atoms with van der Waals surface area (Å²) in [7, 11) is 0. The quantitative estimate of drug-likeness (QED) is 0.452. The molecule has 0 aliphatic heterocycles. The van der Waals surface area contributed by atoms with E-state index in [-0.39, 0.29) is 5.91 Å². The van der Waals surface area contributed by atoms with Gasteiger partial charge in [-0.15, -0.1) is 0 Å². The molecule has 0 saturated heterocycles. The zero-order valence-corrected chi connectivity index (χ0v) is 16.3. The SMILES string of the molecule is CC(C)c1ccc(/C=N\NC(=O)c2cc(-c3ccc(Cl)c(Cl)c3)n[nH]2)cc1. The highest BCUT2D eigenvalue weighted by molar-refractivity contribution is 6.42. The first kappa shape index (κ1) is 19.1. The molecule has 27 heavy (non-hydrogen) atoms. The number of carbonyl (C=O) groups excluding carboxylic acids is 1. The summed E-state index contributed by atoms with van der Waals surface area (Å²) in [6.45, 7) is 4.28. The molecule has 2 aromatic carbocycles. The molecule has 2 N–H and O–H groups in total. The molecular formula is C20H18Cl2N4O. The lowest BCUT2D eigenvalue weighted by Gasteiger charge is -2.04. The Balaban J connectivity index is 1.64. The molecule has 1 amide bonds. The van der Waals surface area contributed by atoms with Gasteiger partial charge in [0.2, 0.25) is 0 Å². The molecule has 3 aromatic rings. The first-order chi connectivity index (χ1) is 12.9. The number of hydrogen-bond donors (Lipinski definition) is 2. The number of amides is 1. The van der Waals surface area contributed by atoms with Crippen molar-refractivity contribution in [3.8, 4) is 11.3 Å². The Morgan fingerprint density at radius 2 is 1.85 bits per heavy atom. The Morgan fingerprint density at radius 1 is 1.11 bits per heavy atom. The van der Waals surface area contributed by atoms with Crippen LogP contribution in [0.15, 0.2) is 53.6 Å². The summed E-state index contributed by atoms with van der Waals surface area (Å²) in [6, 6.07) is 14.8. The van der Waals surface area contributed by atoms with Crippen LogP contribution >= 0.6 is 23.2 Å². The summed E-state index contributed by atoms with van der Waals surface area (Å²) in [5.74, 6) is 0.0876. The van der Waals surface area contributed by atoms with Gasteiger partial charge in [-0.05, 0) is 35.2 Å². The van der Waals surface area contributed by atoms with Crippen LogP contribution in [0.3, 0.4) is 0 Å². The van der Waals surface area contributed by atoms with E-state index >= 15 is 0 Å². The van der Waals surface area contributed by atoms with E-state index in [2.05, 4.69) is 34.6 Å². The maximum atomic E-state index is 12.2. The second-order valence-electron chi connectivity index (χ2n) is 6.32. The second kappa shape index (κ2) is 8.37. The van der Waals surface area contributed by atoms with Gasteiger partial charge in [0.15, 0.2) is 0 Å². The number of aromatic amines is 1. The van der Waals surface area contributed by atoms with Crippen LogP contribution in [-0.4, -0.2) is 22.3 Å². The predicted octanol–water partition coefficient (Wildman–Crippen LogP) is 5.27. The molecule has 0 spiro atoms. The van der Waals surface area contributed by atoms with Gasteiger partial charge in [0.05, 0.1) is 22.0 Å². The fourth-order valence-corrected chi connectivity index (χ4v) is 2.73. The van der Waals surface area contributed by atoms with Crippen molar-refractivity contribution in [3.63, 3.8) is 0 Å². The van der Waals surface area contributed by atoms with Gasteiger partial charge < -0.3 is 0 Å². The van der Waals surface area contributed by atoms with Crippen molar-refractivity contribution < 1.29 is 4.79 Å². The Morgan fingerprint density at radius 3 is 2.52 bits per heavy atom. The minimum absolute atomic E-state index is 0.295. The molecule has 0 aliphatic rings. The number of rotatable bonds is 5. The molecule has 7 heteroatoms. The predicted molar refractivity (Wildman–Crippen MR) is 110 cm³/mol. The molecule has 1 aromatic heterocycles. The number of benzene rings is 2. The van der Waals surface area contributed by atoms with Crippen LogP contribution in [0.1, 0.15) is 41.4 Å². The van der Waals surface area contributed by atoms with Crippen LogP contribution in [-0.2, 0) is 0 Å². The summed E-state index contributed by atoms with van der Waals surface area (Å²) < 4.78 is 0. The van der Waals surface area contributed by atoms with E-state index in [0.717, 1.165) is 11.1 Å². The van der Waals surface area contributed by atoms with Crippen molar-refractivity contribution in [3.05, 3.63) is 75.4 Å². The second-order valence-corrected chi connectivity index (χ2v) is 7.13. The average molecular weight is 401 g/mol. The molecule has 0 aliphatic carbocycles. The third-order valence-corrected chi connectivity index (χ3v) is 4.76. The molecule has 138 valence electrons. The lowest BCUT2D eigenvalue weighted by atomic mass is 10.0. The minimum atomic E-state index is -0.385. The summed E-state index contributed by atoms with van der Waals surface area (Å²) >= 11 is 11.9. The number of carbonyl (C=O) groups is 1. The molecule has 0 bridgehead atoms. The monoisotopic (exact) mass is 400 g/mol. The maximum Gasteiger partial charge on any atom is 0.289 e. The third-order valence-electron chi connectivity index (χ3n) is 4.02. The van der Waals surface area contributed by atoms with Crippen molar-refractivity contribution in [1.29, 1.82) is 0 Å². The van der Waals surface area contributed by atoms with E-state index in [4.69, 9.17) is 23.2 Å². The van der Waals surface area contributed by atoms with Crippen LogP contribution in [0.2, 0.25) is 10.0 Å². The van der Waals surface area contributed by atoms with E-state index in [9.17, 15) is 4.79 Å². The Kier molecular flexibility index (Phi) is 5.94. The summed E-state index contributed by atoms with van der Waals surface area (Å²) in [5, 5.41) is 11.7. The number of nitrogens with one attached hydrogen (secondary N) is 2. The van der Waals surface area contributed by atoms with Crippen molar-refractivity contribution >= 4 is 35.3 Å². The third kappa shape index (κ3) is 4.76. The van der Waals surface area contributed by atoms with Crippen LogP contribution in [0, 0.1) is 0 Å². The van der Waals surface area contributed by atoms with Crippen molar-refractivity contribution in [2.75, 3.05) is 0 Å². The van der Waals surface area contributed by atoms with Crippen molar-refractivity contribution in [2.45, 2.75) is 19.8 Å². The first-order valence-corrected chi connectivity index (χ1v) is 9.14. The summed E-state index contributed by atoms with van der Waals surface area (Å²) in [4.78, 5) is 12.2. The van der Waals surface area contributed by atoms with E-state index < -0.39 is 0 Å². The summed E-state index contributed by atoms with van der Waals surface area (Å²) in [6.07, 6.45) is 1.60. The molecule has 0 fully saturated rings. The van der Waals surface area contributed by atoms with Gasteiger partial charge in [-0.2, -0.15) is 10.2 Å². The fraction of sp³-hybridized carbons (Fsp3) is 0.150. The van der Waals surface area contributed by atoms with Crippen molar-refractivity contribution in [1.82, 2.24) is 15.6 Å². The van der Waals surface area contributed by atoms with Crippen LogP contribution in [0.25, 0.3) is 11.3 Å². The molecule has 1 heterocycles. The van der Waals surface area contributed by atoms with Crippen LogP contribution < -0.4 is 5.43 Å².